The van der Waals surface area contributed by atoms with Crippen molar-refractivity contribution in [2.75, 3.05) is 20.1 Å². The first-order chi connectivity index (χ1) is 8.03. The van der Waals surface area contributed by atoms with Crippen LogP contribution in [0.1, 0.15) is 38.7 Å². The van der Waals surface area contributed by atoms with E-state index in [2.05, 4.69) is 25.8 Å². The summed E-state index contributed by atoms with van der Waals surface area (Å²) in [6.45, 7) is 7.35. The predicted octanol–water partition coefficient (Wildman–Crippen LogP) is 2.87. The second kappa shape index (κ2) is 6.82. The van der Waals surface area contributed by atoms with E-state index in [4.69, 9.17) is 10.2 Å². The van der Waals surface area contributed by atoms with Gasteiger partial charge in [0.15, 0.2) is 0 Å². The summed E-state index contributed by atoms with van der Waals surface area (Å²) in [5.74, 6) is 0. The minimum Gasteiger partial charge on any atom is -0.472 e. The molecule has 0 aliphatic heterocycles. The first-order valence-electron chi connectivity index (χ1n) is 6.43. The van der Waals surface area contributed by atoms with Gasteiger partial charge in [-0.25, -0.2) is 0 Å². The van der Waals surface area contributed by atoms with Crippen LogP contribution < -0.4 is 5.73 Å². The molecule has 2 N–H and O–H groups in total. The van der Waals surface area contributed by atoms with Gasteiger partial charge in [-0.1, -0.05) is 20.3 Å². The van der Waals surface area contributed by atoms with Crippen molar-refractivity contribution >= 4 is 0 Å². The molecule has 0 fully saturated rings. The highest BCUT2D eigenvalue weighted by Crippen LogP contribution is 2.21. The summed E-state index contributed by atoms with van der Waals surface area (Å²) in [4.78, 5) is 2.33. The Balaban J connectivity index is 2.10. The molecule has 1 aromatic rings. The summed E-state index contributed by atoms with van der Waals surface area (Å²) >= 11 is 0. The number of unbranched alkanes of at least 4 members (excludes halogenated alkanes) is 1. The molecular weight excluding hydrogens is 212 g/mol. The molecule has 3 nitrogen and oxygen atoms in total. The predicted molar refractivity (Wildman–Crippen MR) is 71.7 cm³/mol. The Hall–Kier alpha value is -0.800. The van der Waals surface area contributed by atoms with Gasteiger partial charge in [0.05, 0.1) is 12.5 Å². The largest absolute Gasteiger partial charge is 0.472 e. The third-order valence-corrected chi connectivity index (χ3v) is 3.23. The molecule has 1 heterocycles. The minimum atomic E-state index is 0.295. The highest BCUT2D eigenvalue weighted by Gasteiger charge is 2.14. The highest BCUT2D eigenvalue weighted by molar-refractivity contribution is 5.04. The summed E-state index contributed by atoms with van der Waals surface area (Å²) in [5, 5.41) is 0. The molecule has 0 spiro atoms. The Kier molecular flexibility index (Phi) is 5.72. The molecule has 1 aromatic heterocycles. The van der Waals surface area contributed by atoms with E-state index in [0.29, 0.717) is 5.41 Å². The Morgan fingerprint density at radius 3 is 2.71 bits per heavy atom. The van der Waals surface area contributed by atoms with E-state index in [1.54, 1.807) is 6.26 Å². The van der Waals surface area contributed by atoms with Gasteiger partial charge in [0.25, 0.3) is 0 Å². The van der Waals surface area contributed by atoms with Crippen LogP contribution in [0.15, 0.2) is 23.0 Å². The zero-order valence-electron chi connectivity index (χ0n) is 11.4. The molecule has 1 rings (SSSR count). The van der Waals surface area contributed by atoms with Crippen molar-refractivity contribution in [1.29, 1.82) is 0 Å². The molecule has 0 aliphatic rings. The number of nitrogens with two attached hydrogens (primary N) is 1. The van der Waals surface area contributed by atoms with E-state index in [9.17, 15) is 0 Å². The monoisotopic (exact) mass is 238 g/mol. The number of nitrogens with zero attached hydrogens (tertiary/aromatic N) is 1. The summed E-state index contributed by atoms with van der Waals surface area (Å²) in [7, 11) is 2.15. The van der Waals surface area contributed by atoms with Crippen LogP contribution in [-0.2, 0) is 6.54 Å². The fraction of sp³-hybridized carbons (Fsp3) is 0.714. The van der Waals surface area contributed by atoms with Gasteiger partial charge in [0.2, 0.25) is 0 Å². The van der Waals surface area contributed by atoms with Gasteiger partial charge in [-0.3, -0.25) is 0 Å². The summed E-state index contributed by atoms with van der Waals surface area (Å²) < 4.78 is 5.06. The fourth-order valence-electron chi connectivity index (χ4n) is 1.86. The molecule has 0 saturated heterocycles. The van der Waals surface area contributed by atoms with Crippen LogP contribution in [-0.4, -0.2) is 25.0 Å². The summed E-state index contributed by atoms with van der Waals surface area (Å²) in [6, 6.07) is 2.02. The number of hydrogen-bond acceptors (Lipinski definition) is 3. The fourth-order valence-corrected chi connectivity index (χ4v) is 1.86. The van der Waals surface area contributed by atoms with Crippen LogP contribution in [0.4, 0.5) is 0 Å². The van der Waals surface area contributed by atoms with Gasteiger partial charge in [-0.2, -0.15) is 0 Å². The van der Waals surface area contributed by atoms with Crippen molar-refractivity contribution in [2.45, 2.75) is 39.7 Å². The van der Waals surface area contributed by atoms with Crippen LogP contribution in [0.2, 0.25) is 0 Å². The maximum Gasteiger partial charge on any atom is 0.0947 e. The van der Waals surface area contributed by atoms with E-state index < -0.39 is 0 Å². The molecule has 0 amide bonds. The molecule has 17 heavy (non-hydrogen) atoms. The van der Waals surface area contributed by atoms with E-state index in [0.717, 1.165) is 19.6 Å². The molecule has 0 radical (unpaired) electrons. The summed E-state index contributed by atoms with van der Waals surface area (Å²) in [5.41, 5.74) is 7.26. The van der Waals surface area contributed by atoms with Crippen molar-refractivity contribution < 1.29 is 4.42 Å². The Bertz CT molecular complexity index is 293. The van der Waals surface area contributed by atoms with Crippen molar-refractivity contribution in [1.82, 2.24) is 4.90 Å². The van der Waals surface area contributed by atoms with Gasteiger partial charge >= 0.3 is 0 Å². The van der Waals surface area contributed by atoms with Gasteiger partial charge in [-0.05, 0) is 44.5 Å². The van der Waals surface area contributed by atoms with Crippen molar-refractivity contribution in [2.24, 2.45) is 11.1 Å². The Labute approximate surface area is 105 Å². The molecule has 3 heteroatoms. The highest BCUT2D eigenvalue weighted by atomic mass is 16.3. The van der Waals surface area contributed by atoms with Gasteiger partial charge in [0.1, 0.15) is 0 Å². The summed E-state index contributed by atoms with van der Waals surface area (Å²) in [6.07, 6.45) is 7.24. The second-order valence-corrected chi connectivity index (χ2v) is 5.69. The minimum absolute atomic E-state index is 0.295. The van der Waals surface area contributed by atoms with Crippen LogP contribution in [0.5, 0.6) is 0 Å². The van der Waals surface area contributed by atoms with E-state index in [-0.39, 0.29) is 0 Å². The van der Waals surface area contributed by atoms with Crippen molar-refractivity contribution in [3.05, 3.63) is 24.2 Å². The van der Waals surface area contributed by atoms with Crippen LogP contribution in [0.3, 0.4) is 0 Å². The lowest BCUT2D eigenvalue weighted by molar-refractivity contribution is 0.289. The molecule has 0 aliphatic carbocycles. The van der Waals surface area contributed by atoms with Crippen molar-refractivity contribution in [3.63, 3.8) is 0 Å². The molecule has 0 saturated carbocycles. The van der Waals surface area contributed by atoms with Crippen molar-refractivity contribution in [3.8, 4) is 0 Å². The average Bonchev–Trinajstić information content (AvgIpc) is 2.77. The Morgan fingerprint density at radius 2 is 2.12 bits per heavy atom. The van der Waals surface area contributed by atoms with Crippen LogP contribution in [0.25, 0.3) is 0 Å². The maximum atomic E-state index is 5.72. The van der Waals surface area contributed by atoms with E-state index >= 15 is 0 Å². The molecule has 0 bridgehead atoms. The lowest BCUT2D eigenvalue weighted by Gasteiger charge is -2.23. The SMILES string of the molecule is CN(CCCCC(C)(C)CN)Cc1ccoc1. The third kappa shape index (κ3) is 5.89. The lowest BCUT2D eigenvalue weighted by atomic mass is 9.87. The lowest BCUT2D eigenvalue weighted by Crippen LogP contribution is -2.24. The van der Waals surface area contributed by atoms with Crippen LogP contribution in [0, 0.1) is 5.41 Å². The molecule has 98 valence electrons. The normalized spacial score (nSPS) is 12.3. The van der Waals surface area contributed by atoms with Gasteiger partial charge in [-0.15, -0.1) is 0 Å². The first kappa shape index (κ1) is 14.3. The zero-order chi connectivity index (χ0) is 12.7. The zero-order valence-corrected chi connectivity index (χ0v) is 11.4. The maximum absolute atomic E-state index is 5.72. The average molecular weight is 238 g/mol. The topological polar surface area (TPSA) is 42.4 Å². The Morgan fingerprint density at radius 1 is 1.35 bits per heavy atom. The van der Waals surface area contributed by atoms with E-state index in [1.165, 1.54) is 24.8 Å². The first-order valence-corrected chi connectivity index (χ1v) is 6.43. The number of furan rings is 1. The van der Waals surface area contributed by atoms with Crippen LogP contribution >= 0.6 is 0 Å². The van der Waals surface area contributed by atoms with Gasteiger partial charge < -0.3 is 15.1 Å². The molecule has 0 atom stereocenters. The van der Waals surface area contributed by atoms with Gasteiger partial charge in [0, 0.05) is 12.1 Å². The smallest absolute Gasteiger partial charge is 0.0947 e. The standard InChI is InChI=1S/C14H26N2O/c1-14(2,12-15)7-4-5-8-16(3)10-13-6-9-17-11-13/h6,9,11H,4-5,7-8,10,12,15H2,1-3H3. The molecular formula is C14H26N2O. The molecule has 0 aromatic carbocycles. The third-order valence-electron chi connectivity index (χ3n) is 3.23. The number of rotatable bonds is 8. The van der Waals surface area contributed by atoms with E-state index in [1.807, 2.05) is 12.3 Å². The molecule has 0 unspecified atom stereocenters. The second-order valence-electron chi connectivity index (χ2n) is 5.69. The quantitative estimate of drug-likeness (QED) is 0.708. The number of hydrogen-bond donors (Lipinski definition) is 1.